The van der Waals surface area contributed by atoms with Crippen LogP contribution in [0.15, 0.2) is 30.5 Å². The number of nitrogens with zero attached hydrogens (tertiary/aromatic N) is 2. The van der Waals surface area contributed by atoms with Crippen molar-refractivity contribution in [2.45, 2.75) is 20.4 Å². The van der Waals surface area contributed by atoms with Crippen molar-refractivity contribution in [2.75, 3.05) is 0 Å². The molecule has 0 N–H and O–H groups in total. The summed E-state index contributed by atoms with van der Waals surface area (Å²) in [5.41, 5.74) is 3.85. The predicted molar refractivity (Wildman–Crippen MR) is 62.6 cm³/mol. The second-order valence-corrected chi connectivity index (χ2v) is 3.85. The highest BCUT2D eigenvalue weighted by molar-refractivity contribution is 5.77. The van der Waals surface area contributed by atoms with Gasteiger partial charge in [0.25, 0.3) is 0 Å². The summed E-state index contributed by atoms with van der Waals surface area (Å²) < 4.78 is 2.10. The summed E-state index contributed by atoms with van der Waals surface area (Å²) in [6.45, 7) is 4.68. The second-order valence-electron chi connectivity index (χ2n) is 3.85. The van der Waals surface area contributed by atoms with E-state index in [0.29, 0.717) is 6.54 Å². The average molecular weight is 214 g/mol. The summed E-state index contributed by atoms with van der Waals surface area (Å²) in [5, 5.41) is 0. The molecule has 82 valence electrons. The number of pyridine rings is 1. The van der Waals surface area contributed by atoms with Gasteiger partial charge in [-0.1, -0.05) is 6.07 Å². The molecule has 0 spiro atoms. The molecular formula is C13H14N2O. The summed E-state index contributed by atoms with van der Waals surface area (Å²) in [7, 11) is 0. The molecule has 0 bridgehead atoms. The Kier molecular flexibility index (Phi) is 2.86. The van der Waals surface area contributed by atoms with Crippen LogP contribution in [0.2, 0.25) is 0 Å². The minimum absolute atomic E-state index is 0.715. The van der Waals surface area contributed by atoms with Gasteiger partial charge in [0.15, 0.2) is 6.29 Å². The third-order valence-electron chi connectivity index (χ3n) is 2.79. The van der Waals surface area contributed by atoms with Gasteiger partial charge in [-0.15, -0.1) is 0 Å². The molecular weight excluding hydrogens is 200 g/mol. The Hall–Kier alpha value is -1.90. The molecule has 3 nitrogen and oxygen atoms in total. The first-order valence-electron chi connectivity index (χ1n) is 5.24. The maximum absolute atomic E-state index is 10.8. The van der Waals surface area contributed by atoms with Crippen molar-refractivity contribution < 1.29 is 4.79 Å². The van der Waals surface area contributed by atoms with Gasteiger partial charge in [0.1, 0.15) is 0 Å². The van der Waals surface area contributed by atoms with E-state index < -0.39 is 0 Å². The fourth-order valence-electron chi connectivity index (χ4n) is 1.84. The largest absolute Gasteiger partial charge is 0.343 e. The lowest BCUT2D eigenvalue weighted by Gasteiger charge is -2.08. The molecule has 2 rings (SSSR count). The quantitative estimate of drug-likeness (QED) is 0.735. The van der Waals surface area contributed by atoms with Crippen LogP contribution in [0.3, 0.4) is 0 Å². The summed E-state index contributed by atoms with van der Waals surface area (Å²) in [6, 6.07) is 7.76. The summed E-state index contributed by atoms with van der Waals surface area (Å²) in [5.74, 6) is 0. The van der Waals surface area contributed by atoms with Crippen molar-refractivity contribution in [1.29, 1.82) is 0 Å². The first-order chi connectivity index (χ1) is 7.72. The standard InChI is InChI=1S/C13H14N2O/c1-10-7-12(9-16)11(2)15(10)8-13-5-3-4-6-14-13/h3-7,9H,8H2,1-2H3. The third-order valence-corrected chi connectivity index (χ3v) is 2.79. The molecule has 0 aromatic carbocycles. The van der Waals surface area contributed by atoms with Crippen LogP contribution < -0.4 is 0 Å². The lowest BCUT2D eigenvalue weighted by molar-refractivity contribution is 0.112. The highest BCUT2D eigenvalue weighted by Gasteiger charge is 2.08. The molecule has 3 heteroatoms. The van der Waals surface area contributed by atoms with Gasteiger partial charge in [-0.05, 0) is 32.0 Å². The molecule has 0 atom stereocenters. The molecule has 2 aromatic heterocycles. The Morgan fingerprint density at radius 2 is 2.19 bits per heavy atom. The van der Waals surface area contributed by atoms with Crippen LogP contribution in [-0.4, -0.2) is 15.8 Å². The van der Waals surface area contributed by atoms with Crippen molar-refractivity contribution in [3.05, 3.63) is 53.1 Å². The predicted octanol–water partition coefficient (Wildman–Crippen LogP) is 2.36. The topological polar surface area (TPSA) is 34.9 Å². The Balaban J connectivity index is 2.35. The zero-order chi connectivity index (χ0) is 11.5. The maximum atomic E-state index is 10.8. The van der Waals surface area contributed by atoms with E-state index in [-0.39, 0.29) is 0 Å². The van der Waals surface area contributed by atoms with Crippen LogP contribution in [0.5, 0.6) is 0 Å². The van der Waals surface area contributed by atoms with Crippen LogP contribution >= 0.6 is 0 Å². The van der Waals surface area contributed by atoms with Crippen LogP contribution in [-0.2, 0) is 6.54 Å². The van der Waals surface area contributed by atoms with E-state index in [4.69, 9.17) is 0 Å². The van der Waals surface area contributed by atoms with Gasteiger partial charge in [-0.3, -0.25) is 9.78 Å². The molecule has 0 aliphatic heterocycles. The fourth-order valence-corrected chi connectivity index (χ4v) is 1.84. The van der Waals surface area contributed by atoms with E-state index in [1.165, 1.54) is 0 Å². The Morgan fingerprint density at radius 3 is 2.75 bits per heavy atom. The summed E-state index contributed by atoms with van der Waals surface area (Å²) in [6.07, 6.45) is 2.68. The number of aryl methyl sites for hydroxylation is 1. The number of hydrogen-bond donors (Lipinski definition) is 0. The lowest BCUT2D eigenvalue weighted by Crippen LogP contribution is -2.05. The molecule has 0 radical (unpaired) electrons. The first kappa shape index (κ1) is 10.6. The molecule has 0 saturated heterocycles. The van der Waals surface area contributed by atoms with Crippen molar-refractivity contribution in [1.82, 2.24) is 9.55 Å². The van der Waals surface area contributed by atoms with Gasteiger partial charge in [0.05, 0.1) is 12.2 Å². The van der Waals surface area contributed by atoms with Crippen molar-refractivity contribution >= 4 is 6.29 Å². The molecule has 0 saturated carbocycles. The second kappa shape index (κ2) is 4.31. The van der Waals surface area contributed by atoms with Gasteiger partial charge in [-0.2, -0.15) is 0 Å². The SMILES string of the molecule is Cc1cc(C=O)c(C)n1Cc1ccccn1. The summed E-state index contributed by atoms with van der Waals surface area (Å²) >= 11 is 0. The molecule has 0 unspecified atom stereocenters. The Morgan fingerprint density at radius 1 is 1.38 bits per heavy atom. The monoisotopic (exact) mass is 214 g/mol. The lowest BCUT2D eigenvalue weighted by atomic mass is 10.3. The molecule has 16 heavy (non-hydrogen) atoms. The van der Waals surface area contributed by atoms with Crippen molar-refractivity contribution in [2.24, 2.45) is 0 Å². The van der Waals surface area contributed by atoms with Crippen LogP contribution in [0.4, 0.5) is 0 Å². The number of rotatable bonds is 3. The molecule has 0 aliphatic rings. The molecule has 2 aromatic rings. The highest BCUT2D eigenvalue weighted by atomic mass is 16.1. The minimum atomic E-state index is 0.715. The molecule has 0 fully saturated rings. The Labute approximate surface area is 94.7 Å². The highest BCUT2D eigenvalue weighted by Crippen LogP contribution is 2.14. The zero-order valence-electron chi connectivity index (χ0n) is 9.47. The fraction of sp³-hybridized carbons (Fsp3) is 0.231. The van der Waals surface area contributed by atoms with Crippen LogP contribution in [0.1, 0.15) is 27.4 Å². The van der Waals surface area contributed by atoms with Gasteiger partial charge < -0.3 is 4.57 Å². The van der Waals surface area contributed by atoms with E-state index in [0.717, 1.165) is 28.9 Å². The summed E-state index contributed by atoms with van der Waals surface area (Å²) in [4.78, 5) is 15.1. The third kappa shape index (κ3) is 1.89. The van der Waals surface area contributed by atoms with Gasteiger partial charge in [0.2, 0.25) is 0 Å². The van der Waals surface area contributed by atoms with Gasteiger partial charge in [0, 0.05) is 23.1 Å². The van der Waals surface area contributed by atoms with E-state index >= 15 is 0 Å². The van der Waals surface area contributed by atoms with Gasteiger partial charge in [-0.25, -0.2) is 0 Å². The zero-order valence-corrected chi connectivity index (χ0v) is 9.47. The molecule has 2 heterocycles. The van der Waals surface area contributed by atoms with E-state index in [2.05, 4.69) is 9.55 Å². The van der Waals surface area contributed by atoms with Crippen molar-refractivity contribution in [3.8, 4) is 0 Å². The minimum Gasteiger partial charge on any atom is -0.343 e. The molecule has 0 amide bonds. The van der Waals surface area contributed by atoms with Crippen molar-refractivity contribution in [3.63, 3.8) is 0 Å². The van der Waals surface area contributed by atoms with Gasteiger partial charge >= 0.3 is 0 Å². The van der Waals surface area contributed by atoms with Crippen LogP contribution in [0.25, 0.3) is 0 Å². The maximum Gasteiger partial charge on any atom is 0.151 e. The number of hydrogen-bond acceptors (Lipinski definition) is 2. The number of carbonyl (C=O) groups excluding carboxylic acids is 1. The average Bonchev–Trinajstić information content (AvgIpc) is 2.58. The number of carbonyl (C=O) groups is 1. The Bertz CT molecular complexity index is 500. The molecule has 0 aliphatic carbocycles. The first-order valence-corrected chi connectivity index (χ1v) is 5.24. The van der Waals surface area contributed by atoms with E-state index in [9.17, 15) is 4.79 Å². The smallest absolute Gasteiger partial charge is 0.151 e. The normalized spacial score (nSPS) is 10.4. The van der Waals surface area contributed by atoms with Crippen LogP contribution in [0, 0.1) is 13.8 Å². The number of aromatic nitrogens is 2. The number of aldehydes is 1. The van der Waals surface area contributed by atoms with E-state index in [1.807, 2.05) is 38.1 Å². The van der Waals surface area contributed by atoms with E-state index in [1.54, 1.807) is 6.20 Å².